The third-order valence-corrected chi connectivity index (χ3v) is 4.57. The van der Waals surface area contributed by atoms with Crippen LogP contribution in [0, 0.1) is 18.6 Å². The SMILES string of the molecule is [2H]c1nc2[nH]c([2H])c(C)c([2H])c-2c1C(=O)c1c(F)c([2H])c([2H])c(NS(=O)(=O)C([2H])([2H])CC)c1F. The standard InChI is InChI=1S/C18H17F2N3O3S/c1-3-6-27(25,26)23-14-5-4-13(19)15(16(14)20)17(24)12-9-22-18-11(12)7-10(2)8-21-18/h4-5,7-9,23H,3,6H2,1-2H3,(H,21,22)/i4D,5D,6D2,7D,8D,9D. The molecule has 2 N–H and O–H groups in total. The summed E-state index contributed by atoms with van der Waals surface area (Å²) in [7, 11) is -4.99. The molecule has 0 aromatic heterocycles. The molecule has 0 fully saturated rings. The van der Waals surface area contributed by atoms with Crippen molar-refractivity contribution in [2.24, 2.45) is 0 Å². The number of H-pyrrole nitrogens is 1. The largest absolute Gasteiger partial charge is 0.346 e. The predicted octanol–water partition coefficient (Wildman–Crippen LogP) is 3.48. The van der Waals surface area contributed by atoms with Crippen LogP contribution in [0.15, 0.2) is 30.5 Å². The van der Waals surface area contributed by atoms with Gasteiger partial charge >= 0.3 is 0 Å². The van der Waals surface area contributed by atoms with Crippen LogP contribution < -0.4 is 4.72 Å². The molecular weight excluding hydrogens is 376 g/mol. The van der Waals surface area contributed by atoms with Crippen molar-refractivity contribution in [3.63, 3.8) is 0 Å². The van der Waals surface area contributed by atoms with Crippen molar-refractivity contribution < 1.29 is 31.6 Å². The van der Waals surface area contributed by atoms with Crippen LogP contribution in [-0.2, 0) is 10.0 Å². The van der Waals surface area contributed by atoms with Crippen molar-refractivity contribution in [1.29, 1.82) is 0 Å². The normalized spacial score (nSPS) is 15.9. The van der Waals surface area contributed by atoms with E-state index in [1.54, 1.807) is 0 Å². The summed E-state index contributed by atoms with van der Waals surface area (Å²) < 4.78 is 111. The molecule has 0 unspecified atom stereocenters. The van der Waals surface area contributed by atoms with E-state index >= 15 is 4.39 Å². The molecule has 1 aromatic rings. The lowest BCUT2D eigenvalue weighted by molar-refractivity contribution is 0.103. The second-order valence-electron chi connectivity index (χ2n) is 5.38. The zero-order valence-electron chi connectivity index (χ0n) is 21.0. The Balaban J connectivity index is 2.30. The van der Waals surface area contributed by atoms with Crippen LogP contribution in [0.5, 0.6) is 0 Å². The van der Waals surface area contributed by atoms with E-state index in [-0.39, 0.29) is 23.1 Å². The van der Waals surface area contributed by atoms with Gasteiger partial charge in [-0.3, -0.25) is 9.52 Å². The van der Waals surface area contributed by atoms with Crippen LogP contribution in [0.3, 0.4) is 0 Å². The Labute approximate surface area is 164 Å². The van der Waals surface area contributed by atoms with Crippen molar-refractivity contribution >= 4 is 21.5 Å². The molecule has 0 atom stereocenters. The summed E-state index contributed by atoms with van der Waals surface area (Å²) in [5.74, 6) is -5.49. The highest BCUT2D eigenvalue weighted by Gasteiger charge is 2.27. The summed E-state index contributed by atoms with van der Waals surface area (Å²) in [5.41, 5.74) is -6.71. The molecule has 9 heteroatoms. The summed E-state index contributed by atoms with van der Waals surface area (Å²) in [6, 6.07) is -3.03. The number of nitrogens with zero attached hydrogens (tertiary/aromatic N) is 1. The molecule has 2 heterocycles. The molecule has 0 spiro atoms. The fraction of sp³-hybridized carbons (Fsp3) is 0.222. The van der Waals surface area contributed by atoms with Gasteiger partial charge in [-0.2, -0.15) is 0 Å². The molecule has 0 aliphatic carbocycles. The van der Waals surface area contributed by atoms with Crippen LogP contribution in [-0.4, -0.2) is 29.9 Å². The Morgan fingerprint density at radius 2 is 2.15 bits per heavy atom. The molecule has 1 aromatic carbocycles. The van der Waals surface area contributed by atoms with Gasteiger partial charge in [0.05, 0.1) is 29.4 Å². The van der Waals surface area contributed by atoms with Crippen molar-refractivity contribution in [3.8, 4) is 11.4 Å². The molecule has 0 saturated carbocycles. The van der Waals surface area contributed by atoms with E-state index in [9.17, 15) is 17.6 Å². The monoisotopic (exact) mass is 400 g/mol. The lowest BCUT2D eigenvalue weighted by atomic mass is 9.99. The van der Waals surface area contributed by atoms with Crippen LogP contribution >= 0.6 is 0 Å². The number of pyridine rings is 1. The van der Waals surface area contributed by atoms with Crippen LogP contribution in [0.2, 0.25) is 0 Å². The summed E-state index contributed by atoms with van der Waals surface area (Å²) in [6.07, 6.45) is -1.59. The average molecular weight is 400 g/mol. The topological polar surface area (TPSA) is 91.9 Å². The Bertz CT molecular complexity index is 1430. The van der Waals surface area contributed by atoms with Crippen molar-refractivity contribution in [2.75, 3.05) is 10.4 Å². The molecule has 2 aliphatic rings. The lowest BCUT2D eigenvalue weighted by Crippen LogP contribution is -2.18. The van der Waals surface area contributed by atoms with E-state index in [1.807, 2.05) is 0 Å². The average Bonchev–Trinajstić information content (AvgIpc) is 3.09. The van der Waals surface area contributed by atoms with E-state index in [4.69, 9.17) is 9.60 Å². The van der Waals surface area contributed by atoms with Gasteiger partial charge in [0.2, 0.25) is 15.8 Å². The van der Waals surface area contributed by atoms with Gasteiger partial charge in [-0.15, -0.1) is 0 Å². The molecule has 3 rings (SSSR count). The fourth-order valence-corrected chi connectivity index (χ4v) is 3.16. The number of rotatable bonds is 6. The minimum absolute atomic E-state index is 0.0489. The number of hydrogen-bond donors (Lipinski definition) is 2. The zero-order chi connectivity index (χ0) is 25.9. The lowest BCUT2D eigenvalue weighted by Gasteiger charge is -2.11. The molecule has 2 aliphatic heterocycles. The second-order valence-corrected chi connectivity index (χ2v) is 6.88. The van der Waals surface area contributed by atoms with Gasteiger partial charge in [-0.1, -0.05) is 6.92 Å². The molecule has 0 bridgehead atoms. The maximum atomic E-state index is 15.3. The molecule has 0 amide bonds. The quantitative estimate of drug-likeness (QED) is 0.620. The first-order valence-corrected chi connectivity index (χ1v) is 9.06. The number of aromatic amines is 1. The highest BCUT2D eigenvalue weighted by molar-refractivity contribution is 7.92. The molecule has 6 nitrogen and oxygen atoms in total. The van der Waals surface area contributed by atoms with E-state index in [2.05, 4.69) is 9.97 Å². The number of aromatic nitrogens is 2. The number of benzene rings is 1. The zero-order valence-corrected chi connectivity index (χ0v) is 14.9. The van der Waals surface area contributed by atoms with Crippen LogP contribution in [0.1, 0.15) is 44.4 Å². The minimum atomic E-state index is -4.99. The second kappa shape index (κ2) is 7.07. The van der Waals surface area contributed by atoms with Gasteiger partial charge in [-0.25, -0.2) is 22.2 Å². The summed E-state index contributed by atoms with van der Waals surface area (Å²) in [5, 5.41) is 0. The summed E-state index contributed by atoms with van der Waals surface area (Å²) in [6.45, 7) is 2.55. The highest BCUT2D eigenvalue weighted by atomic mass is 32.2. The van der Waals surface area contributed by atoms with Gasteiger partial charge in [0.15, 0.2) is 5.82 Å². The van der Waals surface area contributed by atoms with Crippen LogP contribution in [0.25, 0.3) is 11.4 Å². The summed E-state index contributed by atoms with van der Waals surface area (Å²) >= 11 is 0. The van der Waals surface area contributed by atoms with Gasteiger partial charge in [0.1, 0.15) is 11.6 Å². The number of nitrogens with one attached hydrogen (secondary N) is 2. The molecule has 0 radical (unpaired) electrons. The first kappa shape index (κ1) is 11.8. The van der Waals surface area contributed by atoms with E-state index < -0.39 is 80.7 Å². The van der Waals surface area contributed by atoms with Crippen molar-refractivity contribution in [2.45, 2.75) is 20.3 Å². The number of halogens is 2. The van der Waals surface area contributed by atoms with Crippen molar-refractivity contribution in [1.82, 2.24) is 9.97 Å². The Hall–Kier alpha value is -2.81. The number of hydrogen-bond acceptors (Lipinski definition) is 4. The number of sulfonamides is 1. The van der Waals surface area contributed by atoms with E-state index in [0.717, 1.165) is 0 Å². The first-order chi connectivity index (χ1) is 15.6. The maximum absolute atomic E-state index is 15.3. The maximum Gasteiger partial charge on any atom is 0.232 e. The van der Waals surface area contributed by atoms with Crippen LogP contribution in [0.4, 0.5) is 14.5 Å². The molecular formula is C18H17F2N3O3S. The predicted molar refractivity (Wildman–Crippen MR) is 97.4 cm³/mol. The third-order valence-electron chi connectivity index (χ3n) is 3.43. The Morgan fingerprint density at radius 3 is 2.85 bits per heavy atom. The highest BCUT2D eigenvalue weighted by Crippen LogP contribution is 2.30. The van der Waals surface area contributed by atoms with Gasteiger partial charge in [0.25, 0.3) is 0 Å². The summed E-state index contributed by atoms with van der Waals surface area (Å²) in [4.78, 5) is 19.4. The smallest absolute Gasteiger partial charge is 0.232 e. The van der Waals surface area contributed by atoms with Gasteiger partial charge in [0, 0.05) is 20.7 Å². The fourth-order valence-electron chi connectivity index (χ4n) is 2.30. The Morgan fingerprint density at radius 1 is 1.41 bits per heavy atom. The van der Waals surface area contributed by atoms with E-state index in [1.165, 1.54) is 18.6 Å². The van der Waals surface area contributed by atoms with Gasteiger partial charge < -0.3 is 4.98 Å². The Kier molecular flexibility index (Phi) is 3.09. The molecule has 0 saturated heterocycles. The van der Waals surface area contributed by atoms with Gasteiger partial charge in [-0.05, 0) is 37.0 Å². The third kappa shape index (κ3) is 3.68. The molecule has 27 heavy (non-hydrogen) atoms. The number of anilines is 1. The minimum Gasteiger partial charge on any atom is -0.346 e. The van der Waals surface area contributed by atoms with Crippen molar-refractivity contribution in [3.05, 3.63) is 58.8 Å². The van der Waals surface area contributed by atoms with E-state index in [0.29, 0.717) is 0 Å². The first-order valence-electron chi connectivity index (χ1n) is 11.1. The number of fused-ring (bicyclic) bond motifs is 1. The number of carbonyl (C=O) groups excluding carboxylic acids is 1. The molecule has 142 valence electrons. The number of ketones is 1. The number of carbonyl (C=O) groups is 1.